The third-order valence-electron chi connectivity index (χ3n) is 3.40. The molecular weight excluding hydrogens is 320 g/mol. The van der Waals surface area contributed by atoms with Crippen LogP contribution in [0.1, 0.15) is 11.1 Å². The highest BCUT2D eigenvalue weighted by Gasteiger charge is 2.23. The molecule has 1 amide bonds. The van der Waals surface area contributed by atoms with Crippen LogP contribution >= 0.6 is 11.3 Å². The van der Waals surface area contributed by atoms with E-state index < -0.39 is 10.0 Å². The fourth-order valence-electron chi connectivity index (χ4n) is 1.93. The summed E-state index contributed by atoms with van der Waals surface area (Å²) in [5.41, 5.74) is 2.74. The largest absolute Gasteiger partial charge is 0.325 e. The first-order chi connectivity index (χ1) is 10.3. The summed E-state index contributed by atoms with van der Waals surface area (Å²) in [4.78, 5) is 12.1. The first-order valence-electron chi connectivity index (χ1n) is 6.68. The predicted molar refractivity (Wildman–Crippen MR) is 88.7 cm³/mol. The maximum Gasteiger partial charge on any atom is 0.252 e. The Morgan fingerprint density at radius 1 is 1.23 bits per heavy atom. The summed E-state index contributed by atoms with van der Waals surface area (Å²) in [5, 5.41) is 4.45. The van der Waals surface area contributed by atoms with Crippen molar-refractivity contribution in [2.75, 3.05) is 18.9 Å². The SMILES string of the molecule is Cc1cccc(NC(=O)CN(C)S(=O)(=O)c2cccs2)c1C. The van der Waals surface area contributed by atoms with Crippen molar-refractivity contribution in [3.63, 3.8) is 0 Å². The van der Waals surface area contributed by atoms with Gasteiger partial charge >= 0.3 is 0 Å². The van der Waals surface area contributed by atoms with E-state index in [1.54, 1.807) is 17.5 Å². The van der Waals surface area contributed by atoms with Gasteiger partial charge in [0.15, 0.2) is 0 Å². The molecule has 1 N–H and O–H groups in total. The summed E-state index contributed by atoms with van der Waals surface area (Å²) in [7, 11) is -2.21. The number of nitrogens with one attached hydrogen (secondary N) is 1. The van der Waals surface area contributed by atoms with Crippen LogP contribution < -0.4 is 5.32 Å². The van der Waals surface area contributed by atoms with Crippen molar-refractivity contribution in [1.82, 2.24) is 4.31 Å². The standard InChI is InChI=1S/C15H18N2O3S2/c1-11-6-4-7-13(12(11)2)16-14(18)10-17(3)22(19,20)15-8-5-9-21-15/h4-9H,10H2,1-3H3,(H,16,18). The van der Waals surface area contributed by atoms with Crippen LogP contribution in [0.2, 0.25) is 0 Å². The summed E-state index contributed by atoms with van der Waals surface area (Å²) in [5.74, 6) is -0.365. The number of nitrogens with zero attached hydrogens (tertiary/aromatic N) is 1. The van der Waals surface area contributed by atoms with Crippen molar-refractivity contribution in [3.8, 4) is 0 Å². The molecule has 118 valence electrons. The van der Waals surface area contributed by atoms with Gasteiger partial charge in [0.1, 0.15) is 4.21 Å². The molecule has 0 unspecified atom stereocenters. The maximum absolute atomic E-state index is 12.3. The second kappa shape index (κ2) is 6.60. The molecule has 0 radical (unpaired) electrons. The van der Waals surface area contributed by atoms with E-state index in [2.05, 4.69) is 5.32 Å². The van der Waals surface area contributed by atoms with E-state index in [1.165, 1.54) is 13.1 Å². The number of carbonyl (C=O) groups is 1. The van der Waals surface area contributed by atoms with E-state index in [4.69, 9.17) is 0 Å². The van der Waals surface area contributed by atoms with Crippen molar-refractivity contribution in [2.24, 2.45) is 0 Å². The van der Waals surface area contributed by atoms with Crippen molar-refractivity contribution in [2.45, 2.75) is 18.1 Å². The molecule has 5 nitrogen and oxygen atoms in total. The molecule has 7 heteroatoms. The minimum absolute atomic E-state index is 0.229. The van der Waals surface area contributed by atoms with Crippen molar-refractivity contribution in [1.29, 1.82) is 0 Å². The normalized spacial score (nSPS) is 11.6. The van der Waals surface area contributed by atoms with Gasteiger partial charge < -0.3 is 5.32 Å². The van der Waals surface area contributed by atoms with E-state index in [9.17, 15) is 13.2 Å². The number of aryl methyl sites for hydroxylation is 1. The summed E-state index contributed by atoms with van der Waals surface area (Å²) in [6, 6.07) is 8.80. The van der Waals surface area contributed by atoms with Gasteiger partial charge in [0, 0.05) is 12.7 Å². The summed E-state index contributed by atoms with van der Waals surface area (Å²) >= 11 is 1.13. The molecule has 1 aromatic carbocycles. The lowest BCUT2D eigenvalue weighted by atomic mass is 10.1. The van der Waals surface area contributed by atoms with Crippen LogP contribution in [-0.4, -0.2) is 32.2 Å². The number of benzene rings is 1. The smallest absolute Gasteiger partial charge is 0.252 e. The molecule has 2 rings (SSSR count). The van der Waals surface area contributed by atoms with Gasteiger partial charge in [-0.1, -0.05) is 18.2 Å². The zero-order chi connectivity index (χ0) is 16.3. The molecule has 1 aromatic heterocycles. The van der Waals surface area contributed by atoms with Gasteiger partial charge in [-0.15, -0.1) is 11.3 Å². The highest BCUT2D eigenvalue weighted by atomic mass is 32.2. The Labute approximate surface area is 134 Å². The Hall–Kier alpha value is -1.70. The van der Waals surface area contributed by atoms with Gasteiger partial charge in [-0.3, -0.25) is 4.79 Å². The number of hydrogen-bond acceptors (Lipinski definition) is 4. The zero-order valence-electron chi connectivity index (χ0n) is 12.7. The maximum atomic E-state index is 12.3. The van der Waals surface area contributed by atoms with E-state index >= 15 is 0 Å². The second-order valence-electron chi connectivity index (χ2n) is 4.99. The third-order valence-corrected chi connectivity index (χ3v) is 6.58. The molecule has 0 aliphatic heterocycles. The number of thiophene rings is 1. The molecule has 0 atom stereocenters. The van der Waals surface area contributed by atoms with Crippen LogP contribution in [0.25, 0.3) is 0 Å². The molecule has 2 aromatic rings. The Kier molecular flexibility index (Phi) is 5.00. The minimum atomic E-state index is -3.61. The molecular formula is C15H18N2O3S2. The number of likely N-dealkylation sites (N-methyl/N-ethyl adjacent to an activating group) is 1. The van der Waals surface area contributed by atoms with Gasteiger partial charge in [-0.2, -0.15) is 4.31 Å². The number of amides is 1. The zero-order valence-corrected chi connectivity index (χ0v) is 14.3. The predicted octanol–water partition coefficient (Wildman–Crippen LogP) is 2.62. The molecule has 0 aliphatic carbocycles. The highest BCUT2D eigenvalue weighted by molar-refractivity contribution is 7.91. The number of carbonyl (C=O) groups excluding carboxylic acids is 1. The topological polar surface area (TPSA) is 66.5 Å². The first kappa shape index (κ1) is 16.7. The van der Waals surface area contributed by atoms with Crippen LogP contribution in [0, 0.1) is 13.8 Å². The Morgan fingerprint density at radius 3 is 2.59 bits per heavy atom. The Bertz CT molecular complexity index is 768. The monoisotopic (exact) mass is 338 g/mol. The Morgan fingerprint density at radius 2 is 1.95 bits per heavy atom. The van der Waals surface area contributed by atoms with Crippen LogP contribution in [0.5, 0.6) is 0 Å². The van der Waals surface area contributed by atoms with E-state index in [0.29, 0.717) is 5.69 Å². The number of hydrogen-bond donors (Lipinski definition) is 1. The van der Waals surface area contributed by atoms with Gasteiger partial charge in [0.25, 0.3) is 10.0 Å². The van der Waals surface area contributed by atoms with Crippen LogP contribution in [0.3, 0.4) is 0 Å². The lowest BCUT2D eigenvalue weighted by Gasteiger charge is -2.16. The van der Waals surface area contributed by atoms with Gasteiger partial charge in [-0.25, -0.2) is 8.42 Å². The number of sulfonamides is 1. The molecule has 0 bridgehead atoms. The highest BCUT2D eigenvalue weighted by Crippen LogP contribution is 2.20. The van der Waals surface area contributed by atoms with Crippen LogP contribution in [-0.2, 0) is 14.8 Å². The van der Waals surface area contributed by atoms with Gasteiger partial charge in [0.2, 0.25) is 5.91 Å². The number of anilines is 1. The lowest BCUT2D eigenvalue weighted by molar-refractivity contribution is -0.116. The fourth-order valence-corrected chi connectivity index (χ4v) is 4.26. The molecule has 0 saturated heterocycles. The van der Waals surface area contributed by atoms with E-state index in [1.807, 2.05) is 26.0 Å². The third kappa shape index (κ3) is 3.55. The van der Waals surface area contributed by atoms with E-state index in [-0.39, 0.29) is 16.7 Å². The molecule has 0 fully saturated rings. The lowest BCUT2D eigenvalue weighted by Crippen LogP contribution is -2.34. The molecule has 0 aliphatic rings. The fraction of sp³-hybridized carbons (Fsp3) is 0.267. The molecule has 22 heavy (non-hydrogen) atoms. The van der Waals surface area contributed by atoms with Crippen molar-refractivity contribution >= 4 is 33.0 Å². The van der Waals surface area contributed by atoms with Crippen LogP contribution in [0.4, 0.5) is 5.69 Å². The van der Waals surface area contributed by atoms with Crippen molar-refractivity contribution in [3.05, 3.63) is 46.8 Å². The van der Waals surface area contributed by atoms with Gasteiger partial charge in [-0.05, 0) is 42.5 Å². The first-order valence-corrected chi connectivity index (χ1v) is 9.00. The van der Waals surface area contributed by atoms with Crippen LogP contribution in [0.15, 0.2) is 39.9 Å². The summed E-state index contributed by atoms with van der Waals surface area (Å²) < 4.78 is 25.8. The summed E-state index contributed by atoms with van der Waals surface area (Å²) in [6.07, 6.45) is 0. The average molecular weight is 338 g/mol. The minimum Gasteiger partial charge on any atom is -0.325 e. The Balaban J connectivity index is 2.08. The number of rotatable bonds is 5. The summed E-state index contributed by atoms with van der Waals surface area (Å²) in [6.45, 7) is 3.64. The van der Waals surface area contributed by atoms with Crippen molar-refractivity contribution < 1.29 is 13.2 Å². The average Bonchev–Trinajstić information content (AvgIpc) is 2.98. The molecule has 0 saturated carbocycles. The molecule has 0 spiro atoms. The van der Waals surface area contributed by atoms with E-state index in [0.717, 1.165) is 26.8 Å². The quantitative estimate of drug-likeness (QED) is 0.911. The second-order valence-corrected chi connectivity index (χ2v) is 8.21. The van der Waals surface area contributed by atoms with Gasteiger partial charge in [0.05, 0.1) is 6.54 Å². The molecule has 1 heterocycles.